The Hall–Kier alpha value is -2.37. The molecule has 0 aromatic heterocycles. The highest BCUT2D eigenvalue weighted by Gasteiger charge is 2.21. The van der Waals surface area contributed by atoms with Gasteiger partial charge in [-0.05, 0) is 17.5 Å². The summed E-state index contributed by atoms with van der Waals surface area (Å²) in [4.78, 5) is 12.0. The first kappa shape index (κ1) is 17.0. The van der Waals surface area contributed by atoms with Gasteiger partial charge in [0.1, 0.15) is 6.61 Å². The largest absolute Gasteiger partial charge is 0.445 e. The van der Waals surface area contributed by atoms with E-state index in [1.165, 1.54) is 0 Å². The molecule has 2 atom stereocenters. The number of nitrogens with two attached hydrogens (primary N) is 1. The average Bonchev–Trinajstić information content (AvgIpc) is 2.60. The molecule has 0 aliphatic rings. The van der Waals surface area contributed by atoms with Crippen LogP contribution in [0.3, 0.4) is 0 Å². The molecule has 0 radical (unpaired) electrons. The summed E-state index contributed by atoms with van der Waals surface area (Å²) in [6.45, 7) is 0.250. The van der Waals surface area contributed by atoms with Gasteiger partial charge in [-0.2, -0.15) is 0 Å². The molecule has 0 unspecified atom stereocenters. The number of amides is 1. The van der Waals surface area contributed by atoms with Crippen molar-refractivity contribution in [3.63, 3.8) is 0 Å². The summed E-state index contributed by atoms with van der Waals surface area (Å²) in [6.07, 6.45) is -0.915. The van der Waals surface area contributed by atoms with Crippen LogP contribution >= 0.6 is 0 Å². The lowest BCUT2D eigenvalue weighted by Gasteiger charge is -2.23. The molecule has 23 heavy (non-hydrogen) atoms. The molecule has 0 saturated carbocycles. The summed E-state index contributed by atoms with van der Waals surface area (Å²) in [5.74, 6) is 0. The number of nitrogens with one attached hydrogen (secondary N) is 1. The second-order valence-electron chi connectivity index (χ2n) is 5.31. The molecule has 0 heterocycles. The Balaban J connectivity index is 1.90. The number of carbonyl (C=O) groups excluding carboxylic acids is 1. The third-order valence-corrected chi connectivity index (χ3v) is 3.52. The summed E-state index contributed by atoms with van der Waals surface area (Å²) < 4.78 is 5.19. The van der Waals surface area contributed by atoms with Crippen LogP contribution in [-0.2, 0) is 17.8 Å². The molecule has 1 amide bonds. The molecular formula is C18H22N2O3. The van der Waals surface area contributed by atoms with Gasteiger partial charge in [-0.3, -0.25) is 0 Å². The van der Waals surface area contributed by atoms with E-state index in [1.54, 1.807) is 0 Å². The molecule has 5 heteroatoms. The van der Waals surface area contributed by atoms with Gasteiger partial charge in [0.25, 0.3) is 0 Å². The first-order valence-electron chi connectivity index (χ1n) is 7.58. The smallest absolute Gasteiger partial charge is 0.407 e. The van der Waals surface area contributed by atoms with Gasteiger partial charge >= 0.3 is 6.09 Å². The fraction of sp³-hybridized carbons (Fsp3) is 0.278. The maximum Gasteiger partial charge on any atom is 0.407 e. The monoisotopic (exact) mass is 314 g/mol. The molecule has 0 spiro atoms. The van der Waals surface area contributed by atoms with E-state index < -0.39 is 18.2 Å². The average molecular weight is 314 g/mol. The SMILES string of the molecule is NC[C@@H](O)[C@H](Cc1ccccc1)NC(=O)OCc1ccccc1. The number of alkyl carbamates (subject to hydrolysis) is 1. The minimum absolute atomic E-state index is 0.0659. The van der Waals surface area contributed by atoms with E-state index in [1.807, 2.05) is 60.7 Å². The van der Waals surface area contributed by atoms with Gasteiger partial charge in [0.15, 0.2) is 0 Å². The van der Waals surface area contributed by atoms with Gasteiger partial charge in [0.05, 0.1) is 12.1 Å². The summed E-state index contributed by atoms with van der Waals surface area (Å²) in [7, 11) is 0. The van der Waals surface area contributed by atoms with E-state index in [0.717, 1.165) is 11.1 Å². The van der Waals surface area contributed by atoms with Crippen molar-refractivity contribution in [3.8, 4) is 0 Å². The Morgan fingerprint density at radius 1 is 1.04 bits per heavy atom. The Morgan fingerprint density at radius 3 is 2.17 bits per heavy atom. The van der Waals surface area contributed by atoms with E-state index in [9.17, 15) is 9.90 Å². The summed E-state index contributed by atoms with van der Waals surface area (Å²) in [6, 6.07) is 18.5. The number of aliphatic hydroxyl groups is 1. The molecule has 0 aliphatic carbocycles. The fourth-order valence-electron chi connectivity index (χ4n) is 2.23. The van der Waals surface area contributed by atoms with Crippen LogP contribution in [0.25, 0.3) is 0 Å². The minimum atomic E-state index is -0.834. The van der Waals surface area contributed by atoms with Crippen molar-refractivity contribution >= 4 is 6.09 Å². The molecule has 5 nitrogen and oxygen atoms in total. The third-order valence-electron chi connectivity index (χ3n) is 3.52. The predicted molar refractivity (Wildman–Crippen MR) is 88.8 cm³/mol. The molecule has 122 valence electrons. The van der Waals surface area contributed by atoms with Crippen LogP contribution in [0.2, 0.25) is 0 Å². The summed E-state index contributed by atoms with van der Waals surface area (Å²) in [5, 5.41) is 12.7. The fourth-order valence-corrected chi connectivity index (χ4v) is 2.23. The van der Waals surface area contributed by atoms with Crippen molar-refractivity contribution in [2.75, 3.05) is 6.54 Å². The Bertz CT molecular complexity index is 590. The zero-order valence-electron chi connectivity index (χ0n) is 12.9. The highest BCUT2D eigenvalue weighted by molar-refractivity contribution is 5.67. The quantitative estimate of drug-likeness (QED) is 0.728. The zero-order chi connectivity index (χ0) is 16.5. The summed E-state index contributed by atoms with van der Waals surface area (Å²) >= 11 is 0. The zero-order valence-corrected chi connectivity index (χ0v) is 12.9. The van der Waals surface area contributed by atoms with Crippen molar-refractivity contribution in [3.05, 3.63) is 71.8 Å². The number of hydrogen-bond donors (Lipinski definition) is 3. The van der Waals surface area contributed by atoms with Crippen LogP contribution < -0.4 is 11.1 Å². The molecule has 0 fully saturated rings. The first-order valence-corrected chi connectivity index (χ1v) is 7.58. The number of rotatable bonds is 7. The molecule has 0 saturated heterocycles. The second kappa shape index (κ2) is 8.92. The molecule has 0 bridgehead atoms. The molecule has 0 aliphatic heterocycles. The van der Waals surface area contributed by atoms with E-state index in [-0.39, 0.29) is 13.2 Å². The summed E-state index contributed by atoms with van der Waals surface area (Å²) in [5.41, 5.74) is 7.44. The van der Waals surface area contributed by atoms with Gasteiger partial charge in [-0.15, -0.1) is 0 Å². The van der Waals surface area contributed by atoms with E-state index in [0.29, 0.717) is 6.42 Å². The van der Waals surface area contributed by atoms with Gasteiger partial charge in [-0.1, -0.05) is 60.7 Å². The number of benzene rings is 2. The highest BCUT2D eigenvalue weighted by Crippen LogP contribution is 2.07. The Labute approximate surface area is 136 Å². The lowest BCUT2D eigenvalue weighted by atomic mass is 10.0. The standard InChI is InChI=1S/C18H22N2O3/c19-12-17(21)16(11-14-7-3-1-4-8-14)20-18(22)23-13-15-9-5-2-6-10-15/h1-10,16-17,21H,11-13,19H2,(H,20,22)/t16-,17+/m0/s1. The highest BCUT2D eigenvalue weighted by atomic mass is 16.5. The lowest BCUT2D eigenvalue weighted by Crippen LogP contribution is -2.48. The van der Waals surface area contributed by atoms with Crippen molar-refractivity contribution in [2.24, 2.45) is 5.73 Å². The van der Waals surface area contributed by atoms with Gasteiger partial charge in [-0.25, -0.2) is 4.79 Å². The van der Waals surface area contributed by atoms with Crippen molar-refractivity contribution in [2.45, 2.75) is 25.2 Å². The minimum Gasteiger partial charge on any atom is -0.445 e. The van der Waals surface area contributed by atoms with Crippen LogP contribution in [-0.4, -0.2) is 29.9 Å². The molecule has 2 aromatic rings. The van der Waals surface area contributed by atoms with Gasteiger partial charge in [0.2, 0.25) is 0 Å². The van der Waals surface area contributed by atoms with Crippen LogP contribution in [0.5, 0.6) is 0 Å². The maximum atomic E-state index is 12.0. The van der Waals surface area contributed by atoms with E-state index >= 15 is 0 Å². The topological polar surface area (TPSA) is 84.6 Å². The molecule has 2 rings (SSSR count). The van der Waals surface area contributed by atoms with E-state index in [4.69, 9.17) is 10.5 Å². The van der Waals surface area contributed by atoms with Gasteiger partial charge < -0.3 is 20.9 Å². The van der Waals surface area contributed by atoms with Crippen LogP contribution in [0.1, 0.15) is 11.1 Å². The first-order chi connectivity index (χ1) is 11.2. The third kappa shape index (κ3) is 5.73. The lowest BCUT2D eigenvalue weighted by molar-refractivity contribution is 0.105. The molecular weight excluding hydrogens is 292 g/mol. The van der Waals surface area contributed by atoms with Gasteiger partial charge in [0, 0.05) is 6.54 Å². The number of hydrogen-bond acceptors (Lipinski definition) is 4. The normalized spacial score (nSPS) is 13.1. The van der Waals surface area contributed by atoms with Crippen LogP contribution in [0.4, 0.5) is 4.79 Å². The maximum absolute atomic E-state index is 12.0. The van der Waals surface area contributed by atoms with Crippen molar-refractivity contribution < 1.29 is 14.6 Å². The van der Waals surface area contributed by atoms with Crippen molar-refractivity contribution in [1.29, 1.82) is 0 Å². The molecule has 2 aromatic carbocycles. The Morgan fingerprint density at radius 2 is 1.61 bits per heavy atom. The Kier molecular flexibility index (Phi) is 6.59. The predicted octanol–water partition coefficient (Wildman–Crippen LogP) is 1.84. The second-order valence-corrected chi connectivity index (χ2v) is 5.31. The van der Waals surface area contributed by atoms with Crippen LogP contribution in [0.15, 0.2) is 60.7 Å². The van der Waals surface area contributed by atoms with Crippen molar-refractivity contribution in [1.82, 2.24) is 5.32 Å². The molecule has 4 N–H and O–H groups in total. The number of carbonyl (C=O) groups is 1. The number of ether oxygens (including phenoxy) is 1. The van der Waals surface area contributed by atoms with E-state index in [2.05, 4.69) is 5.32 Å². The number of aliphatic hydroxyl groups excluding tert-OH is 1. The van der Waals surface area contributed by atoms with Crippen LogP contribution in [0, 0.1) is 0 Å².